The first-order valence-electron chi connectivity index (χ1n) is 7.25. The van der Waals surface area contributed by atoms with Crippen LogP contribution in [-0.4, -0.2) is 58.9 Å². The van der Waals surface area contributed by atoms with Crippen molar-refractivity contribution >= 4 is 5.78 Å². The van der Waals surface area contributed by atoms with E-state index in [0.29, 0.717) is 12.6 Å². The Balaban J connectivity index is 1.86. The first kappa shape index (κ1) is 14.3. The van der Waals surface area contributed by atoms with Gasteiger partial charge in [0.2, 0.25) is 0 Å². The Labute approximate surface area is 116 Å². The van der Waals surface area contributed by atoms with E-state index < -0.39 is 0 Å². The quantitative estimate of drug-likeness (QED) is 0.730. The molecule has 1 aromatic rings. The Morgan fingerprint density at radius 3 is 2.74 bits per heavy atom. The van der Waals surface area contributed by atoms with Crippen molar-refractivity contribution in [1.82, 2.24) is 14.4 Å². The number of likely N-dealkylation sites (tertiary alicyclic amines) is 1. The second-order valence-corrected chi connectivity index (χ2v) is 5.39. The van der Waals surface area contributed by atoms with Crippen LogP contribution in [0.2, 0.25) is 0 Å². The molecule has 1 aromatic heterocycles. The number of hydrogen-bond acceptors (Lipinski definition) is 3. The average Bonchev–Trinajstić information content (AvgIpc) is 3.00. The van der Waals surface area contributed by atoms with E-state index in [1.54, 1.807) is 0 Å². The Morgan fingerprint density at radius 1 is 1.42 bits per heavy atom. The summed E-state index contributed by atoms with van der Waals surface area (Å²) < 4.78 is 1.93. The van der Waals surface area contributed by atoms with E-state index in [2.05, 4.69) is 23.6 Å². The van der Waals surface area contributed by atoms with Gasteiger partial charge in [0.15, 0.2) is 5.78 Å². The molecule has 0 aliphatic carbocycles. The fraction of sp³-hybridized carbons (Fsp3) is 0.667. The van der Waals surface area contributed by atoms with Crippen LogP contribution in [-0.2, 0) is 7.05 Å². The molecule has 4 nitrogen and oxygen atoms in total. The Morgan fingerprint density at radius 2 is 2.16 bits per heavy atom. The first-order valence-corrected chi connectivity index (χ1v) is 7.25. The lowest BCUT2D eigenvalue weighted by Gasteiger charge is -2.26. The van der Waals surface area contributed by atoms with Crippen LogP contribution in [0.3, 0.4) is 0 Å². The van der Waals surface area contributed by atoms with Crippen LogP contribution >= 0.6 is 0 Å². The van der Waals surface area contributed by atoms with Crippen molar-refractivity contribution in [2.75, 3.05) is 32.7 Å². The van der Waals surface area contributed by atoms with E-state index in [-0.39, 0.29) is 5.78 Å². The van der Waals surface area contributed by atoms with Gasteiger partial charge in [-0.2, -0.15) is 0 Å². The standard InChI is InChI=1S/C15H25N3O/c1-4-18(5-2)14-7-9-17(11-14)12-15(19)13-6-8-16(3)10-13/h6,8,10,14H,4-5,7,9,11-12H2,1-3H3. The summed E-state index contributed by atoms with van der Waals surface area (Å²) >= 11 is 0. The minimum absolute atomic E-state index is 0.237. The van der Waals surface area contributed by atoms with Crippen LogP contribution in [0.1, 0.15) is 30.6 Å². The second-order valence-electron chi connectivity index (χ2n) is 5.39. The lowest BCUT2D eigenvalue weighted by molar-refractivity contribution is 0.0939. The van der Waals surface area contributed by atoms with Gasteiger partial charge in [0, 0.05) is 44.1 Å². The number of hydrogen-bond donors (Lipinski definition) is 0. The van der Waals surface area contributed by atoms with E-state index in [1.165, 1.54) is 6.42 Å². The fourth-order valence-corrected chi connectivity index (χ4v) is 2.96. The van der Waals surface area contributed by atoms with Crippen molar-refractivity contribution in [3.63, 3.8) is 0 Å². The molecule has 4 heteroatoms. The molecule has 2 rings (SSSR count). The molecule has 106 valence electrons. The molecule has 1 fully saturated rings. The predicted molar refractivity (Wildman–Crippen MR) is 77.5 cm³/mol. The summed E-state index contributed by atoms with van der Waals surface area (Å²) in [5, 5.41) is 0. The Kier molecular flexibility index (Phi) is 4.77. The third-order valence-electron chi connectivity index (χ3n) is 4.10. The highest BCUT2D eigenvalue weighted by Gasteiger charge is 2.27. The number of nitrogens with zero attached hydrogens (tertiary/aromatic N) is 3. The summed E-state index contributed by atoms with van der Waals surface area (Å²) in [5.74, 6) is 0.237. The molecular weight excluding hydrogens is 238 g/mol. The van der Waals surface area contributed by atoms with Crippen LogP contribution in [0, 0.1) is 0 Å². The van der Waals surface area contributed by atoms with E-state index in [0.717, 1.165) is 31.7 Å². The van der Waals surface area contributed by atoms with Gasteiger partial charge in [0.25, 0.3) is 0 Å². The maximum Gasteiger partial charge on any atom is 0.178 e. The van der Waals surface area contributed by atoms with E-state index in [4.69, 9.17) is 0 Å². The predicted octanol–water partition coefficient (Wildman–Crippen LogP) is 1.62. The number of carbonyl (C=O) groups excluding carboxylic acids is 1. The average molecular weight is 263 g/mol. The van der Waals surface area contributed by atoms with Gasteiger partial charge in [-0.1, -0.05) is 13.8 Å². The Hall–Kier alpha value is -1.13. The number of likely N-dealkylation sites (N-methyl/N-ethyl adjacent to an activating group) is 1. The molecule has 0 spiro atoms. The summed E-state index contributed by atoms with van der Waals surface area (Å²) in [5.41, 5.74) is 0.828. The molecule has 1 aliphatic heterocycles. The van der Waals surface area contributed by atoms with Gasteiger partial charge >= 0.3 is 0 Å². The van der Waals surface area contributed by atoms with Gasteiger partial charge in [-0.15, -0.1) is 0 Å². The molecule has 1 saturated heterocycles. The number of rotatable bonds is 6. The molecule has 1 atom stereocenters. The van der Waals surface area contributed by atoms with Crippen molar-refractivity contribution in [3.05, 3.63) is 24.0 Å². The second kappa shape index (κ2) is 6.35. The molecule has 0 bridgehead atoms. The van der Waals surface area contributed by atoms with Crippen LogP contribution in [0.15, 0.2) is 18.5 Å². The molecule has 0 N–H and O–H groups in total. The molecule has 1 unspecified atom stereocenters. The zero-order valence-corrected chi connectivity index (χ0v) is 12.3. The third kappa shape index (κ3) is 3.45. The normalized spacial score (nSPS) is 20.3. The van der Waals surface area contributed by atoms with Gasteiger partial charge in [-0.25, -0.2) is 0 Å². The fourth-order valence-electron chi connectivity index (χ4n) is 2.96. The molecule has 2 heterocycles. The Bertz CT molecular complexity index is 423. The van der Waals surface area contributed by atoms with Crippen LogP contribution in [0.5, 0.6) is 0 Å². The van der Waals surface area contributed by atoms with Crippen LogP contribution in [0.25, 0.3) is 0 Å². The van der Waals surface area contributed by atoms with E-state index >= 15 is 0 Å². The van der Waals surface area contributed by atoms with Gasteiger partial charge in [-0.05, 0) is 25.6 Å². The third-order valence-corrected chi connectivity index (χ3v) is 4.10. The van der Waals surface area contributed by atoms with E-state index in [1.807, 2.05) is 30.1 Å². The number of carbonyl (C=O) groups is 1. The maximum atomic E-state index is 12.2. The summed E-state index contributed by atoms with van der Waals surface area (Å²) in [7, 11) is 1.95. The highest BCUT2D eigenvalue weighted by Crippen LogP contribution is 2.16. The van der Waals surface area contributed by atoms with Gasteiger partial charge < -0.3 is 4.57 Å². The van der Waals surface area contributed by atoms with Gasteiger partial charge in [-0.3, -0.25) is 14.6 Å². The first-order chi connectivity index (χ1) is 9.13. The van der Waals surface area contributed by atoms with E-state index in [9.17, 15) is 4.79 Å². The minimum atomic E-state index is 0.237. The zero-order valence-electron chi connectivity index (χ0n) is 12.3. The van der Waals surface area contributed by atoms with Crippen molar-refractivity contribution in [2.24, 2.45) is 7.05 Å². The van der Waals surface area contributed by atoms with Gasteiger partial charge in [0.05, 0.1) is 6.54 Å². The largest absolute Gasteiger partial charge is 0.357 e. The van der Waals surface area contributed by atoms with Crippen molar-refractivity contribution in [1.29, 1.82) is 0 Å². The van der Waals surface area contributed by atoms with Crippen LogP contribution in [0.4, 0.5) is 0 Å². The number of aromatic nitrogens is 1. The maximum absolute atomic E-state index is 12.2. The van der Waals surface area contributed by atoms with Gasteiger partial charge in [0.1, 0.15) is 0 Å². The molecule has 0 radical (unpaired) electrons. The number of Topliss-reactive ketones (excluding diaryl/α,β-unsaturated/α-hetero) is 1. The smallest absolute Gasteiger partial charge is 0.178 e. The molecule has 1 aliphatic rings. The monoisotopic (exact) mass is 263 g/mol. The topological polar surface area (TPSA) is 28.5 Å². The minimum Gasteiger partial charge on any atom is -0.357 e. The number of aryl methyl sites for hydroxylation is 1. The number of ketones is 1. The lowest BCUT2D eigenvalue weighted by atomic mass is 10.2. The lowest BCUT2D eigenvalue weighted by Crippen LogP contribution is -2.38. The van der Waals surface area contributed by atoms with Crippen molar-refractivity contribution in [2.45, 2.75) is 26.3 Å². The molecule has 0 saturated carbocycles. The zero-order chi connectivity index (χ0) is 13.8. The summed E-state index contributed by atoms with van der Waals surface area (Å²) in [6.45, 7) is 9.24. The molecule has 19 heavy (non-hydrogen) atoms. The summed E-state index contributed by atoms with van der Waals surface area (Å²) in [6, 6.07) is 2.53. The SMILES string of the molecule is CCN(CC)C1CCN(CC(=O)c2ccn(C)c2)C1. The molecular formula is C15H25N3O. The summed E-state index contributed by atoms with van der Waals surface area (Å²) in [4.78, 5) is 16.9. The molecule has 0 aromatic carbocycles. The molecule has 0 amide bonds. The highest BCUT2D eigenvalue weighted by atomic mass is 16.1. The van der Waals surface area contributed by atoms with Crippen molar-refractivity contribution in [3.8, 4) is 0 Å². The van der Waals surface area contributed by atoms with Crippen LogP contribution < -0.4 is 0 Å². The summed E-state index contributed by atoms with van der Waals surface area (Å²) in [6.07, 6.45) is 5.01. The highest BCUT2D eigenvalue weighted by molar-refractivity contribution is 5.97. The van der Waals surface area contributed by atoms with Crippen molar-refractivity contribution < 1.29 is 4.79 Å².